The highest BCUT2D eigenvalue weighted by atomic mass is 32.2. The van der Waals surface area contributed by atoms with Crippen LogP contribution < -0.4 is 5.32 Å². The van der Waals surface area contributed by atoms with E-state index < -0.39 is 21.4 Å². The van der Waals surface area contributed by atoms with E-state index in [0.29, 0.717) is 32.2 Å². The second-order valence-electron chi connectivity index (χ2n) is 6.31. The minimum atomic E-state index is -3.78. The van der Waals surface area contributed by atoms with Crippen LogP contribution in [0.25, 0.3) is 0 Å². The number of piperidine rings is 1. The van der Waals surface area contributed by atoms with Gasteiger partial charge in [-0.25, -0.2) is 12.8 Å². The quantitative estimate of drug-likeness (QED) is 0.916. The first-order chi connectivity index (χ1) is 10.9. The van der Waals surface area contributed by atoms with Crippen molar-refractivity contribution < 1.29 is 17.6 Å². The van der Waals surface area contributed by atoms with E-state index in [1.165, 1.54) is 22.5 Å². The third-order valence-electron chi connectivity index (χ3n) is 4.96. The Morgan fingerprint density at radius 2 is 2.17 bits per heavy atom. The molecular formula is C16H21FN2O3S. The summed E-state index contributed by atoms with van der Waals surface area (Å²) in [5.74, 6) is -0.589. The Hall–Kier alpha value is -1.47. The number of amides is 1. The summed E-state index contributed by atoms with van der Waals surface area (Å²) >= 11 is 0. The van der Waals surface area contributed by atoms with Crippen LogP contribution in [0.15, 0.2) is 29.2 Å². The van der Waals surface area contributed by atoms with Crippen molar-refractivity contribution in [1.82, 2.24) is 9.62 Å². The van der Waals surface area contributed by atoms with Crippen LogP contribution in [0.1, 0.15) is 39.0 Å². The number of benzene rings is 1. The van der Waals surface area contributed by atoms with Crippen molar-refractivity contribution in [2.45, 2.75) is 55.5 Å². The molecule has 126 valence electrons. The molecule has 0 aliphatic carbocycles. The number of sulfonamides is 1. The summed E-state index contributed by atoms with van der Waals surface area (Å²) in [4.78, 5) is 11.7. The minimum Gasteiger partial charge on any atom is -0.349 e. The molecule has 23 heavy (non-hydrogen) atoms. The lowest BCUT2D eigenvalue weighted by molar-refractivity contribution is -0.120. The van der Waals surface area contributed by atoms with Crippen molar-refractivity contribution in [2.75, 3.05) is 6.54 Å². The first-order valence-corrected chi connectivity index (χ1v) is 9.41. The van der Waals surface area contributed by atoms with Gasteiger partial charge in [0.25, 0.3) is 0 Å². The molecule has 1 aromatic carbocycles. The van der Waals surface area contributed by atoms with Gasteiger partial charge in [-0.3, -0.25) is 4.79 Å². The third kappa shape index (κ3) is 2.76. The normalized spacial score (nSPS) is 29.0. The molecule has 2 heterocycles. The number of nitrogens with one attached hydrogen (secondary N) is 1. The van der Waals surface area contributed by atoms with E-state index in [9.17, 15) is 17.6 Å². The molecule has 2 atom stereocenters. The van der Waals surface area contributed by atoms with Crippen LogP contribution in [-0.4, -0.2) is 36.8 Å². The summed E-state index contributed by atoms with van der Waals surface area (Å²) in [5.41, 5.74) is -0.482. The fourth-order valence-electron chi connectivity index (χ4n) is 3.97. The molecule has 1 amide bonds. The van der Waals surface area contributed by atoms with Crippen molar-refractivity contribution in [3.8, 4) is 0 Å². The molecule has 7 heteroatoms. The number of nitrogens with zero attached hydrogens (tertiary/aromatic N) is 1. The lowest BCUT2D eigenvalue weighted by Gasteiger charge is -2.47. The molecule has 3 rings (SSSR count). The summed E-state index contributed by atoms with van der Waals surface area (Å²) < 4.78 is 40.9. The Kier molecular flexibility index (Phi) is 4.18. The van der Waals surface area contributed by atoms with Crippen molar-refractivity contribution in [3.63, 3.8) is 0 Å². The van der Waals surface area contributed by atoms with Gasteiger partial charge >= 0.3 is 0 Å². The maximum Gasteiger partial charge on any atom is 0.243 e. The van der Waals surface area contributed by atoms with Crippen molar-refractivity contribution >= 4 is 15.9 Å². The summed E-state index contributed by atoms with van der Waals surface area (Å²) in [7, 11) is -3.78. The third-order valence-corrected chi connectivity index (χ3v) is 6.87. The average molecular weight is 340 g/mol. The van der Waals surface area contributed by atoms with E-state index in [1.54, 1.807) is 0 Å². The number of hydrogen-bond donors (Lipinski definition) is 1. The predicted molar refractivity (Wildman–Crippen MR) is 83.7 cm³/mol. The molecule has 0 unspecified atom stereocenters. The molecule has 1 spiro atoms. The lowest BCUT2D eigenvalue weighted by Crippen LogP contribution is -2.62. The Morgan fingerprint density at radius 1 is 1.39 bits per heavy atom. The van der Waals surface area contributed by atoms with Crippen molar-refractivity contribution in [1.29, 1.82) is 0 Å². The van der Waals surface area contributed by atoms with Crippen LogP contribution in [0.2, 0.25) is 0 Å². The SMILES string of the molecule is CC[C@@H]1N(S(=O)(=O)c2cccc(F)c2)CCC[C@@]12CCC(=O)N2. The molecule has 5 nitrogen and oxygen atoms in total. The van der Waals surface area contributed by atoms with Gasteiger partial charge in [0.1, 0.15) is 5.82 Å². The van der Waals surface area contributed by atoms with E-state index in [-0.39, 0.29) is 16.8 Å². The number of hydrogen-bond acceptors (Lipinski definition) is 3. The van der Waals surface area contributed by atoms with Crippen molar-refractivity contribution in [2.24, 2.45) is 0 Å². The monoisotopic (exact) mass is 340 g/mol. The van der Waals surface area contributed by atoms with Crippen LogP contribution in [0.3, 0.4) is 0 Å². The first kappa shape index (κ1) is 16.4. The Bertz CT molecular complexity index is 722. The molecule has 0 saturated carbocycles. The van der Waals surface area contributed by atoms with E-state index in [0.717, 1.165) is 12.5 Å². The Balaban J connectivity index is 1.99. The predicted octanol–water partition coefficient (Wildman–Crippen LogP) is 2.04. The largest absolute Gasteiger partial charge is 0.349 e. The summed E-state index contributed by atoms with van der Waals surface area (Å²) in [6.45, 7) is 2.32. The second-order valence-corrected chi connectivity index (χ2v) is 8.20. The van der Waals surface area contributed by atoms with E-state index in [2.05, 4.69) is 5.32 Å². The van der Waals surface area contributed by atoms with Gasteiger partial charge in [0.2, 0.25) is 15.9 Å². The number of halogens is 1. The zero-order valence-corrected chi connectivity index (χ0v) is 13.9. The smallest absolute Gasteiger partial charge is 0.243 e. The van der Waals surface area contributed by atoms with Crippen LogP contribution >= 0.6 is 0 Å². The topological polar surface area (TPSA) is 66.5 Å². The fourth-order valence-corrected chi connectivity index (χ4v) is 5.81. The number of carbonyl (C=O) groups is 1. The van der Waals surface area contributed by atoms with Gasteiger partial charge in [-0.2, -0.15) is 4.31 Å². The average Bonchev–Trinajstić information content (AvgIpc) is 2.88. The molecule has 2 fully saturated rings. The first-order valence-electron chi connectivity index (χ1n) is 7.97. The number of rotatable bonds is 3. The van der Waals surface area contributed by atoms with Crippen molar-refractivity contribution in [3.05, 3.63) is 30.1 Å². The molecule has 2 aliphatic rings. The zero-order chi connectivity index (χ0) is 16.7. The van der Waals surface area contributed by atoms with Gasteiger partial charge in [-0.1, -0.05) is 13.0 Å². The lowest BCUT2D eigenvalue weighted by atomic mass is 9.80. The van der Waals surface area contributed by atoms with Gasteiger partial charge in [0.15, 0.2) is 0 Å². The maximum atomic E-state index is 13.4. The molecular weight excluding hydrogens is 319 g/mol. The van der Waals surface area contributed by atoms with Gasteiger partial charge < -0.3 is 5.32 Å². The van der Waals surface area contributed by atoms with Gasteiger partial charge in [0, 0.05) is 19.0 Å². The Morgan fingerprint density at radius 3 is 2.78 bits per heavy atom. The molecule has 1 aromatic rings. The fraction of sp³-hybridized carbons (Fsp3) is 0.562. The number of carbonyl (C=O) groups excluding carboxylic acids is 1. The highest BCUT2D eigenvalue weighted by Crippen LogP contribution is 2.39. The van der Waals surface area contributed by atoms with Crippen LogP contribution in [-0.2, 0) is 14.8 Å². The molecule has 0 aromatic heterocycles. The van der Waals surface area contributed by atoms with E-state index in [4.69, 9.17) is 0 Å². The van der Waals surface area contributed by atoms with Crippen LogP contribution in [0.4, 0.5) is 4.39 Å². The summed E-state index contributed by atoms with van der Waals surface area (Å²) in [6, 6.07) is 4.80. The van der Waals surface area contributed by atoms with Crippen LogP contribution in [0, 0.1) is 5.82 Å². The Labute approximate surface area is 135 Å². The highest BCUT2D eigenvalue weighted by molar-refractivity contribution is 7.89. The van der Waals surface area contributed by atoms with Gasteiger partial charge in [-0.05, 0) is 43.9 Å². The summed E-state index contributed by atoms with van der Waals surface area (Å²) in [6.07, 6.45) is 3.16. The molecule has 0 radical (unpaired) electrons. The molecule has 0 bridgehead atoms. The standard InChI is InChI=1S/C16H21FN2O3S/c1-2-14-16(9-7-15(20)18-16)8-4-10-19(14)23(21,22)13-6-3-5-12(17)11-13/h3,5-6,11,14H,2,4,7-10H2,1H3,(H,18,20)/t14-,16+/m0/s1. The zero-order valence-electron chi connectivity index (χ0n) is 13.1. The van der Waals surface area contributed by atoms with Gasteiger partial charge in [0.05, 0.1) is 10.4 Å². The van der Waals surface area contributed by atoms with E-state index >= 15 is 0 Å². The van der Waals surface area contributed by atoms with Gasteiger partial charge in [-0.15, -0.1) is 0 Å². The maximum absolute atomic E-state index is 13.4. The summed E-state index contributed by atoms with van der Waals surface area (Å²) in [5, 5.41) is 3.02. The van der Waals surface area contributed by atoms with Crippen LogP contribution in [0.5, 0.6) is 0 Å². The second kappa shape index (κ2) is 5.87. The highest BCUT2D eigenvalue weighted by Gasteiger charge is 2.51. The molecule has 2 saturated heterocycles. The van der Waals surface area contributed by atoms with E-state index in [1.807, 2.05) is 6.92 Å². The minimum absolute atomic E-state index is 0.0200. The molecule has 2 aliphatic heterocycles. The molecule has 1 N–H and O–H groups in total.